The first kappa shape index (κ1) is 21.4. The molecule has 0 amide bonds. The quantitative estimate of drug-likeness (QED) is 0.590. The smallest absolute Gasteiger partial charge is 0.505 e. The molecule has 3 N–H and O–H groups in total. The average molecular weight is 423 g/mol. The van der Waals surface area contributed by atoms with Gasteiger partial charge in [0, 0.05) is 0 Å². The number of halogens is 4. The zero-order valence-corrected chi connectivity index (χ0v) is 14.6. The predicted octanol–water partition coefficient (Wildman–Crippen LogP) is 2.40. The van der Waals surface area contributed by atoms with E-state index < -0.39 is 57.0 Å². The summed E-state index contributed by atoms with van der Waals surface area (Å²) in [4.78, 5) is 10.9. The van der Waals surface area contributed by atoms with Crippen molar-refractivity contribution >= 4 is 16.0 Å². The van der Waals surface area contributed by atoms with Gasteiger partial charge >= 0.3 is 12.3 Å². The van der Waals surface area contributed by atoms with E-state index in [0.717, 1.165) is 36.4 Å². The number of sulfonamides is 1. The Kier molecular flexibility index (Phi) is 6.14. The summed E-state index contributed by atoms with van der Waals surface area (Å²) in [6.07, 6.45) is -5.40. The van der Waals surface area contributed by atoms with Gasteiger partial charge in [0.25, 0.3) is 0 Å². The number of hydrogen-bond donors (Lipinski definition) is 3. The van der Waals surface area contributed by atoms with Crippen LogP contribution in [0.25, 0.3) is 0 Å². The first-order valence-corrected chi connectivity index (χ1v) is 8.94. The lowest BCUT2D eigenvalue weighted by atomic mass is 10.1. The summed E-state index contributed by atoms with van der Waals surface area (Å²) in [7, 11) is -4.41. The lowest BCUT2D eigenvalue weighted by molar-refractivity contribution is -0.274. The molecule has 2 aromatic carbocycles. The Bertz CT molecular complexity index is 960. The molecular formula is C16H13F4NO6S. The molecule has 28 heavy (non-hydrogen) atoms. The molecule has 1 unspecified atom stereocenters. The first-order chi connectivity index (χ1) is 12.9. The Hall–Kier alpha value is -2.86. The molecule has 0 aliphatic carbocycles. The first-order valence-electron chi connectivity index (χ1n) is 7.46. The zero-order valence-electron chi connectivity index (χ0n) is 13.8. The highest BCUT2D eigenvalue weighted by Crippen LogP contribution is 2.24. The molecule has 0 saturated carbocycles. The molecule has 0 aliphatic rings. The minimum Gasteiger partial charge on any atom is -0.505 e. The number of aromatic hydroxyl groups is 1. The number of nitrogens with one attached hydrogen (secondary N) is 1. The number of carboxylic acids is 1. The molecule has 0 fully saturated rings. The molecule has 0 radical (unpaired) electrons. The normalized spacial score (nSPS) is 13.1. The van der Waals surface area contributed by atoms with Crippen LogP contribution in [0.5, 0.6) is 11.5 Å². The number of ether oxygens (including phenoxy) is 1. The van der Waals surface area contributed by atoms with Crippen LogP contribution >= 0.6 is 0 Å². The van der Waals surface area contributed by atoms with Gasteiger partial charge < -0.3 is 14.9 Å². The van der Waals surface area contributed by atoms with Crippen molar-refractivity contribution in [3.8, 4) is 11.5 Å². The Labute approximate surface area is 156 Å². The summed E-state index contributed by atoms with van der Waals surface area (Å²) >= 11 is 0. The van der Waals surface area contributed by atoms with Crippen LogP contribution in [0.15, 0.2) is 47.4 Å². The summed E-state index contributed by atoms with van der Waals surface area (Å²) in [5.41, 5.74) is 0.0966. The SMILES string of the molecule is O=C(O)C(Cc1ccc(O)c(F)c1)NS(=O)(=O)c1ccc(OC(F)(F)F)cc1. The Morgan fingerprint density at radius 2 is 1.75 bits per heavy atom. The minimum absolute atomic E-state index is 0.0966. The summed E-state index contributed by atoms with van der Waals surface area (Å²) in [5.74, 6) is -3.88. The van der Waals surface area contributed by atoms with Crippen LogP contribution in [-0.2, 0) is 21.2 Å². The molecule has 0 bridgehead atoms. The topological polar surface area (TPSA) is 113 Å². The molecule has 0 saturated heterocycles. The lowest BCUT2D eigenvalue weighted by Gasteiger charge is -2.15. The molecule has 1 atom stereocenters. The van der Waals surface area contributed by atoms with E-state index in [0.29, 0.717) is 0 Å². The van der Waals surface area contributed by atoms with Gasteiger partial charge in [0.1, 0.15) is 11.8 Å². The van der Waals surface area contributed by atoms with E-state index in [9.17, 15) is 35.9 Å². The van der Waals surface area contributed by atoms with E-state index in [-0.39, 0.29) is 5.56 Å². The highest BCUT2D eigenvalue weighted by molar-refractivity contribution is 7.89. The van der Waals surface area contributed by atoms with Gasteiger partial charge in [-0.15, -0.1) is 13.2 Å². The summed E-state index contributed by atoms with van der Waals surface area (Å²) in [5, 5.41) is 18.4. The van der Waals surface area contributed by atoms with Gasteiger partial charge in [0.05, 0.1) is 4.90 Å². The third kappa shape index (κ3) is 5.82. The monoisotopic (exact) mass is 423 g/mol. The molecule has 0 aromatic heterocycles. The van der Waals surface area contributed by atoms with Crippen molar-refractivity contribution in [2.75, 3.05) is 0 Å². The highest BCUT2D eigenvalue weighted by Gasteiger charge is 2.31. The van der Waals surface area contributed by atoms with Crippen LogP contribution in [0.4, 0.5) is 17.6 Å². The molecule has 7 nitrogen and oxygen atoms in total. The second kappa shape index (κ2) is 8.02. The van der Waals surface area contributed by atoms with Gasteiger partial charge in [-0.2, -0.15) is 4.72 Å². The van der Waals surface area contributed by atoms with Crippen LogP contribution in [0.3, 0.4) is 0 Å². The molecule has 0 aliphatic heterocycles. The van der Waals surface area contributed by atoms with Gasteiger partial charge in [-0.1, -0.05) is 6.07 Å². The van der Waals surface area contributed by atoms with Crippen molar-refractivity contribution in [2.24, 2.45) is 0 Å². The van der Waals surface area contributed by atoms with Gasteiger partial charge in [-0.3, -0.25) is 4.79 Å². The largest absolute Gasteiger partial charge is 0.573 e. The van der Waals surface area contributed by atoms with E-state index in [1.165, 1.54) is 6.07 Å². The third-order valence-corrected chi connectivity index (χ3v) is 4.90. The van der Waals surface area contributed by atoms with E-state index in [4.69, 9.17) is 5.11 Å². The van der Waals surface area contributed by atoms with Crippen molar-refractivity contribution in [1.82, 2.24) is 4.72 Å². The number of rotatable bonds is 7. The zero-order chi connectivity index (χ0) is 21.1. The second-order valence-corrected chi connectivity index (χ2v) is 7.24. The molecule has 152 valence electrons. The fourth-order valence-corrected chi connectivity index (χ4v) is 3.36. The van der Waals surface area contributed by atoms with E-state index in [1.807, 2.05) is 4.72 Å². The third-order valence-electron chi connectivity index (χ3n) is 3.42. The number of phenolic OH excluding ortho intramolecular Hbond substituents is 1. The van der Waals surface area contributed by atoms with Crippen molar-refractivity contribution in [1.29, 1.82) is 0 Å². The molecule has 2 aromatic rings. The number of hydrogen-bond acceptors (Lipinski definition) is 5. The molecule has 12 heteroatoms. The fraction of sp³-hybridized carbons (Fsp3) is 0.188. The standard InChI is InChI=1S/C16H13F4NO6S/c17-12-7-9(1-6-14(12)22)8-13(15(23)24)21-28(25,26)11-4-2-10(3-5-11)27-16(18,19)20/h1-7,13,21-22H,8H2,(H,23,24). The average Bonchev–Trinajstić information content (AvgIpc) is 2.56. The van der Waals surface area contributed by atoms with Crippen LogP contribution in [-0.4, -0.2) is 37.0 Å². The summed E-state index contributed by atoms with van der Waals surface area (Å²) in [6.45, 7) is 0. The second-order valence-electron chi connectivity index (χ2n) is 5.52. The number of benzene rings is 2. The minimum atomic E-state index is -4.95. The summed E-state index contributed by atoms with van der Waals surface area (Å²) < 4.78 is 79.9. The van der Waals surface area contributed by atoms with Crippen molar-refractivity contribution in [2.45, 2.75) is 23.7 Å². The van der Waals surface area contributed by atoms with Crippen LogP contribution < -0.4 is 9.46 Å². The van der Waals surface area contributed by atoms with Crippen molar-refractivity contribution in [3.63, 3.8) is 0 Å². The maximum atomic E-state index is 13.4. The molecule has 0 spiro atoms. The number of aliphatic carboxylic acids is 1. The highest BCUT2D eigenvalue weighted by atomic mass is 32.2. The van der Waals surface area contributed by atoms with Gasteiger partial charge in [-0.25, -0.2) is 12.8 Å². The number of carboxylic acid groups (broad SMARTS) is 1. The van der Waals surface area contributed by atoms with Crippen molar-refractivity contribution in [3.05, 3.63) is 53.8 Å². The maximum absolute atomic E-state index is 13.4. The van der Waals surface area contributed by atoms with Crippen LogP contribution in [0.1, 0.15) is 5.56 Å². The number of alkyl halides is 3. The van der Waals surface area contributed by atoms with Gasteiger partial charge in [0.2, 0.25) is 10.0 Å². The van der Waals surface area contributed by atoms with Gasteiger partial charge in [-0.05, 0) is 48.4 Å². The van der Waals surface area contributed by atoms with Gasteiger partial charge in [0.15, 0.2) is 11.6 Å². The Morgan fingerprint density at radius 3 is 2.25 bits per heavy atom. The van der Waals surface area contributed by atoms with Crippen LogP contribution in [0.2, 0.25) is 0 Å². The molecule has 2 rings (SSSR count). The fourth-order valence-electron chi connectivity index (χ4n) is 2.17. The van der Waals surface area contributed by atoms with E-state index >= 15 is 0 Å². The lowest BCUT2D eigenvalue weighted by Crippen LogP contribution is -2.42. The molecule has 0 heterocycles. The summed E-state index contributed by atoms with van der Waals surface area (Å²) in [6, 6.07) is 4.48. The molecular weight excluding hydrogens is 410 g/mol. The Balaban J connectivity index is 2.18. The number of phenols is 1. The van der Waals surface area contributed by atoms with Crippen molar-refractivity contribution < 1.29 is 45.7 Å². The Morgan fingerprint density at radius 1 is 1.14 bits per heavy atom. The van der Waals surface area contributed by atoms with E-state index in [2.05, 4.69) is 4.74 Å². The maximum Gasteiger partial charge on any atom is 0.573 e. The number of carbonyl (C=O) groups is 1. The van der Waals surface area contributed by atoms with Crippen LogP contribution in [0, 0.1) is 5.82 Å². The van der Waals surface area contributed by atoms with E-state index in [1.54, 1.807) is 0 Å². The predicted molar refractivity (Wildman–Crippen MR) is 86.6 cm³/mol.